The lowest BCUT2D eigenvalue weighted by molar-refractivity contribution is 0.600. The average molecular weight is 406 g/mol. The third kappa shape index (κ3) is 4.32. The molecule has 0 fully saturated rings. The second-order valence-electron chi connectivity index (χ2n) is 7.47. The number of sulfonamides is 1. The predicted molar refractivity (Wildman–Crippen MR) is 118 cm³/mol. The summed E-state index contributed by atoms with van der Waals surface area (Å²) in [5.41, 5.74) is 6.96. The summed E-state index contributed by atoms with van der Waals surface area (Å²) in [6, 6.07) is 17.3. The Kier molecular flexibility index (Phi) is 4.88. The van der Waals surface area contributed by atoms with Crippen molar-refractivity contribution in [1.82, 2.24) is 9.38 Å². The highest BCUT2D eigenvalue weighted by Gasteiger charge is 2.15. The molecule has 0 aliphatic rings. The van der Waals surface area contributed by atoms with E-state index in [9.17, 15) is 8.42 Å². The molecule has 0 bridgehead atoms. The van der Waals surface area contributed by atoms with E-state index in [2.05, 4.69) is 9.71 Å². The summed E-state index contributed by atoms with van der Waals surface area (Å²) in [5, 5.41) is 0. The first-order valence-electron chi connectivity index (χ1n) is 9.41. The van der Waals surface area contributed by atoms with E-state index < -0.39 is 10.0 Å². The van der Waals surface area contributed by atoms with Crippen molar-refractivity contribution in [2.45, 2.75) is 26.5 Å². The highest BCUT2D eigenvalue weighted by molar-refractivity contribution is 7.91. The molecule has 0 atom stereocenters. The average Bonchev–Trinajstić information content (AvgIpc) is 3.08. The maximum Gasteiger partial charge on any atom is 0.236 e. The molecule has 6 heteroatoms. The Labute approximate surface area is 171 Å². The van der Waals surface area contributed by atoms with Crippen LogP contribution in [0, 0.1) is 20.8 Å². The van der Waals surface area contributed by atoms with E-state index in [4.69, 9.17) is 0 Å². The fraction of sp³-hybridized carbons (Fsp3) is 0.174. The molecule has 29 heavy (non-hydrogen) atoms. The second kappa shape index (κ2) is 7.37. The molecule has 1 N–H and O–H groups in total. The highest BCUT2D eigenvalue weighted by Crippen LogP contribution is 2.26. The third-order valence-corrected chi connectivity index (χ3v) is 6.14. The Morgan fingerprint density at radius 1 is 0.931 bits per heavy atom. The van der Waals surface area contributed by atoms with Crippen LogP contribution < -0.4 is 4.72 Å². The van der Waals surface area contributed by atoms with E-state index >= 15 is 0 Å². The van der Waals surface area contributed by atoms with Crippen molar-refractivity contribution < 1.29 is 8.42 Å². The molecule has 2 aromatic carbocycles. The van der Waals surface area contributed by atoms with Gasteiger partial charge in [0, 0.05) is 18.0 Å². The molecule has 0 saturated heterocycles. The normalized spacial score (nSPS) is 11.7. The molecule has 148 valence electrons. The van der Waals surface area contributed by atoms with Gasteiger partial charge in [-0.15, -0.1) is 0 Å². The van der Waals surface area contributed by atoms with Gasteiger partial charge in [0.15, 0.2) is 0 Å². The van der Waals surface area contributed by atoms with Gasteiger partial charge in [0.2, 0.25) is 10.0 Å². The largest absolute Gasteiger partial charge is 0.306 e. The minimum Gasteiger partial charge on any atom is -0.306 e. The van der Waals surface area contributed by atoms with Crippen LogP contribution in [0.1, 0.15) is 22.3 Å². The van der Waals surface area contributed by atoms with E-state index in [1.165, 1.54) is 0 Å². The number of imidazole rings is 1. The molecule has 2 aromatic heterocycles. The van der Waals surface area contributed by atoms with Crippen LogP contribution in [0.2, 0.25) is 0 Å². The van der Waals surface area contributed by atoms with Crippen molar-refractivity contribution in [3.05, 3.63) is 89.2 Å². The van der Waals surface area contributed by atoms with Crippen LogP contribution in [0.5, 0.6) is 0 Å². The summed E-state index contributed by atoms with van der Waals surface area (Å²) < 4.78 is 30.1. The van der Waals surface area contributed by atoms with Gasteiger partial charge < -0.3 is 4.40 Å². The zero-order valence-electron chi connectivity index (χ0n) is 16.7. The third-order valence-electron chi connectivity index (χ3n) is 4.89. The van der Waals surface area contributed by atoms with E-state index in [0.29, 0.717) is 5.69 Å². The molecular weight excluding hydrogens is 382 g/mol. The molecule has 5 nitrogen and oxygen atoms in total. The molecule has 0 aliphatic heterocycles. The van der Waals surface area contributed by atoms with Crippen molar-refractivity contribution in [1.29, 1.82) is 0 Å². The first-order chi connectivity index (χ1) is 13.8. The predicted octanol–water partition coefficient (Wildman–Crippen LogP) is 4.87. The van der Waals surface area contributed by atoms with Gasteiger partial charge in [0.25, 0.3) is 0 Å². The topological polar surface area (TPSA) is 63.5 Å². The van der Waals surface area contributed by atoms with Crippen molar-refractivity contribution in [3.8, 4) is 11.3 Å². The van der Waals surface area contributed by atoms with Gasteiger partial charge in [-0.25, -0.2) is 13.4 Å². The SMILES string of the molecule is Cc1ccc(CS(=O)(=O)Nc2cc(-c3cn4ccc(C)cc4n3)ccc2C)cc1. The lowest BCUT2D eigenvalue weighted by Crippen LogP contribution is -2.15. The fourth-order valence-electron chi connectivity index (χ4n) is 3.22. The monoisotopic (exact) mass is 405 g/mol. The molecule has 4 aromatic rings. The number of aryl methyl sites for hydroxylation is 3. The second-order valence-corrected chi connectivity index (χ2v) is 9.19. The number of aromatic nitrogens is 2. The van der Waals surface area contributed by atoms with Gasteiger partial charge in [-0.1, -0.05) is 42.0 Å². The maximum atomic E-state index is 12.7. The zero-order chi connectivity index (χ0) is 20.6. The van der Waals surface area contributed by atoms with Gasteiger partial charge in [-0.3, -0.25) is 4.72 Å². The van der Waals surface area contributed by atoms with E-state index in [1.807, 2.05) is 92.2 Å². The number of pyridine rings is 1. The smallest absolute Gasteiger partial charge is 0.236 e. The Morgan fingerprint density at radius 3 is 2.45 bits per heavy atom. The number of fused-ring (bicyclic) bond motifs is 1. The van der Waals surface area contributed by atoms with Gasteiger partial charge in [-0.05, 0) is 55.7 Å². The van der Waals surface area contributed by atoms with Crippen molar-refractivity contribution in [2.24, 2.45) is 0 Å². The van der Waals surface area contributed by atoms with Crippen LogP contribution in [0.25, 0.3) is 16.9 Å². The zero-order valence-corrected chi connectivity index (χ0v) is 17.5. The molecule has 0 amide bonds. The van der Waals surface area contributed by atoms with Crippen LogP contribution in [-0.4, -0.2) is 17.8 Å². The van der Waals surface area contributed by atoms with Crippen molar-refractivity contribution in [3.63, 3.8) is 0 Å². The Bertz CT molecular complexity index is 1290. The molecule has 2 heterocycles. The van der Waals surface area contributed by atoms with Crippen LogP contribution in [0.4, 0.5) is 5.69 Å². The van der Waals surface area contributed by atoms with Crippen LogP contribution >= 0.6 is 0 Å². The fourth-order valence-corrected chi connectivity index (χ4v) is 4.48. The molecule has 0 aliphatic carbocycles. The Morgan fingerprint density at radius 2 is 1.69 bits per heavy atom. The lowest BCUT2D eigenvalue weighted by atomic mass is 10.1. The highest BCUT2D eigenvalue weighted by atomic mass is 32.2. The number of benzene rings is 2. The van der Waals surface area contributed by atoms with E-state index in [0.717, 1.165) is 39.2 Å². The quantitative estimate of drug-likeness (QED) is 0.515. The minimum absolute atomic E-state index is 0.0649. The van der Waals surface area contributed by atoms with Gasteiger partial charge in [0.05, 0.1) is 17.1 Å². The van der Waals surface area contributed by atoms with E-state index in [-0.39, 0.29) is 5.75 Å². The number of nitrogens with zero attached hydrogens (tertiary/aromatic N) is 2. The van der Waals surface area contributed by atoms with Crippen LogP contribution in [0.3, 0.4) is 0 Å². The Hall–Kier alpha value is -3.12. The molecule has 4 rings (SSSR count). The summed E-state index contributed by atoms with van der Waals surface area (Å²) in [6.07, 6.45) is 3.92. The number of nitrogens with one attached hydrogen (secondary N) is 1. The summed E-state index contributed by atoms with van der Waals surface area (Å²) in [7, 11) is -3.53. The summed E-state index contributed by atoms with van der Waals surface area (Å²) >= 11 is 0. The standard InChI is InChI=1S/C23H23N3O2S/c1-16-4-7-19(8-5-16)15-29(27,28)25-21-13-20(9-6-18(21)3)22-14-26-11-10-17(2)12-23(26)24-22/h4-14,25H,15H2,1-3H3. The molecule has 0 saturated carbocycles. The van der Waals surface area contributed by atoms with Crippen molar-refractivity contribution in [2.75, 3.05) is 4.72 Å². The molecule has 0 spiro atoms. The molecular formula is C23H23N3O2S. The number of hydrogen-bond acceptors (Lipinski definition) is 3. The molecule has 0 unspecified atom stereocenters. The summed E-state index contributed by atoms with van der Waals surface area (Å²) in [6.45, 7) is 5.90. The van der Waals surface area contributed by atoms with Crippen LogP contribution in [0.15, 0.2) is 67.0 Å². The van der Waals surface area contributed by atoms with Gasteiger partial charge in [-0.2, -0.15) is 0 Å². The summed E-state index contributed by atoms with van der Waals surface area (Å²) in [4.78, 5) is 4.67. The van der Waals surface area contributed by atoms with Gasteiger partial charge >= 0.3 is 0 Å². The minimum atomic E-state index is -3.53. The van der Waals surface area contributed by atoms with Gasteiger partial charge in [0.1, 0.15) is 5.65 Å². The van der Waals surface area contributed by atoms with Crippen LogP contribution in [-0.2, 0) is 15.8 Å². The van der Waals surface area contributed by atoms with E-state index in [1.54, 1.807) is 0 Å². The first kappa shape index (κ1) is 19.2. The maximum absolute atomic E-state index is 12.7. The number of rotatable bonds is 5. The molecule has 0 radical (unpaired) electrons. The summed E-state index contributed by atoms with van der Waals surface area (Å²) in [5.74, 6) is -0.0649. The van der Waals surface area contributed by atoms with Crippen molar-refractivity contribution >= 4 is 21.4 Å². The number of hydrogen-bond donors (Lipinski definition) is 1. The first-order valence-corrected chi connectivity index (χ1v) is 11.1. The lowest BCUT2D eigenvalue weighted by Gasteiger charge is -2.12. The number of anilines is 1. The Balaban J connectivity index is 1.63.